The van der Waals surface area contributed by atoms with Crippen molar-refractivity contribution in [1.82, 2.24) is 14.1 Å². The molecule has 166 valence electrons. The van der Waals surface area contributed by atoms with Crippen LogP contribution in [0.5, 0.6) is 0 Å². The zero-order valence-electron chi connectivity index (χ0n) is 17.3. The van der Waals surface area contributed by atoms with Crippen LogP contribution in [-0.4, -0.2) is 85.8 Å². The number of nitrogens with zero attached hydrogens (tertiary/aromatic N) is 3. The number of hydrogen-bond donors (Lipinski definition) is 0. The van der Waals surface area contributed by atoms with Crippen molar-refractivity contribution in [1.29, 1.82) is 0 Å². The summed E-state index contributed by atoms with van der Waals surface area (Å²) in [6.07, 6.45) is 0.262. The van der Waals surface area contributed by atoms with Gasteiger partial charge >= 0.3 is 0 Å². The van der Waals surface area contributed by atoms with Crippen LogP contribution in [0.4, 0.5) is 0 Å². The number of ether oxygens (including phenoxy) is 1. The third kappa shape index (κ3) is 5.51. The third-order valence-electron chi connectivity index (χ3n) is 5.37. The van der Waals surface area contributed by atoms with Gasteiger partial charge in [-0.2, -0.15) is 4.31 Å². The molecule has 2 atom stereocenters. The molecule has 30 heavy (non-hydrogen) atoms. The lowest BCUT2D eigenvalue weighted by molar-refractivity contribution is -0.145. The molecule has 0 spiro atoms. The highest BCUT2D eigenvalue weighted by atomic mass is 35.5. The average Bonchev–Trinajstić information content (AvgIpc) is 2.71. The monoisotopic (exact) mass is 457 g/mol. The molecule has 0 saturated carbocycles. The van der Waals surface area contributed by atoms with Gasteiger partial charge in [0.1, 0.15) is 0 Å². The molecule has 1 aromatic rings. The molecule has 10 heteroatoms. The van der Waals surface area contributed by atoms with Crippen molar-refractivity contribution in [2.24, 2.45) is 0 Å². The van der Waals surface area contributed by atoms with Gasteiger partial charge in [-0.1, -0.05) is 11.6 Å². The van der Waals surface area contributed by atoms with Gasteiger partial charge in [0.2, 0.25) is 21.8 Å². The minimum atomic E-state index is -3.61. The maximum absolute atomic E-state index is 12.7. The summed E-state index contributed by atoms with van der Waals surface area (Å²) in [5.74, 6) is -0.171. The normalized spacial score (nSPS) is 23.4. The second kappa shape index (κ2) is 9.64. The first-order chi connectivity index (χ1) is 14.2. The molecule has 0 bridgehead atoms. The van der Waals surface area contributed by atoms with Crippen molar-refractivity contribution in [3.63, 3.8) is 0 Å². The Balaban J connectivity index is 1.48. The first-order valence-corrected chi connectivity index (χ1v) is 12.0. The summed E-state index contributed by atoms with van der Waals surface area (Å²) >= 11 is 5.83. The number of morpholine rings is 1. The van der Waals surface area contributed by atoms with Crippen LogP contribution in [0.3, 0.4) is 0 Å². The van der Waals surface area contributed by atoms with Crippen LogP contribution in [0.15, 0.2) is 29.2 Å². The predicted octanol–water partition coefficient (Wildman–Crippen LogP) is 1.59. The van der Waals surface area contributed by atoms with Crippen LogP contribution in [0.2, 0.25) is 5.02 Å². The minimum Gasteiger partial charge on any atom is -0.372 e. The molecule has 2 aliphatic rings. The van der Waals surface area contributed by atoms with E-state index < -0.39 is 10.0 Å². The smallest absolute Gasteiger partial charge is 0.243 e. The number of amides is 2. The molecule has 2 fully saturated rings. The molecular formula is C20H28ClN3O5S. The number of carbonyl (C=O) groups is 2. The van der Waals surface area contributed by atoms with Gasteiger partial charge in [-0.25, -0.2) is 8.42 Å². The van der Waals surface area contributed by atoms with E-state index >= 15 is 0 Å². The van der Waals surface area contributed by atoms with Gasteiger partial charge < -0.3 is 14.5 Å². The molecule has 0 aromatic heterocycles. The first kappa shape index (κ1) is 23.0. The van der Waals surface area contributed by atoms with Crippen molar-refractivity contribution < 1.29 is 22.7 Å². The van der Waals surface area contributed by atoms with E-state index in [-0.39, 0.29) is 54.8 Å². The zero-order chi connectivity index (χ0) is 21.9. The number of hydrogen-bond acceptors (Lipinski definition) is 5. The summed E-state index contributed by atoms with van der Waals surface area (Å²) in [4.78, 5) is 28.5. The molecule has 1 aromatic carbocycles. The molecule has 8 nitrogen and oxygen atoms in total. The molecule has 3 rings (SSSR count). The molecule has 0 unspecified atom stereocenters. The maximum Gasteiger partial charge on any atom is 0.243 e. The number of piperazine rings is 1. The number of halogens is 1. The van der Waals surface area contributed by atoms with E-state index in [0.29, 0.717) is 31.2 Å². The van der Waals surface area contributed by atoms with E-state index in [2.05, 4.69) is 0 Å². The largest absolute Gasteiger partial charge is 0.372 e. The minimum absolute atomic E-state index is 0.0101. The van der Waals surface area contributed by atoms with Gasteiger partial charge in [0, 0.05) is 57.1 Å². The topological polar surface area (TPSA) is 87.2 Å². The molecule has 0 aliphatic carbocycles. The Morgan fingerprint density at radius 1 is 0.933 bits per heavy atom. The van der Waals surface area contributed by atoms with Gasteiger partial charge in [0.05, 0.1) is 17.1 Å². The standard InChI is InChI=1S/C20H28ClN3O5S/c1-15-13-23(14-16(2)29-15)20(26)8-7-19(25)22-9-11-24(12-10-22)30(27,28)18-5-3-17(21)4-6-18/h3-6,15-16H,7-14H2,1-2H3/t15-,16-/m1/s1. The second-order valence-electron chi connectivity index (χ2n) is 7.79. The molecule has 2 aliphatic heterocycles. The summed E-state index contributed by atoms with van der Waals surface area (Å²) in [7, 11) is -3.61. The van der Waals surface area contributed by atoms with E-state index in [1.54, 1.807) is 21.9 Å². The highest BCUT2D eigenvalue weighted by Crippen LogP contribution is 2.20. The fourth-order valence-corrected chi connectivity index (χ4v) is 5.39. The highest BCUT2D eigenvalue weighted by molar-refractivity contribution is 7.89. The SMILES string of the molecule is C[C@@H]1CN(C(=O)CCC(=O)N2CCN(S(=O)(=O)c3ccc(Cl)cc3)CC2)C[C@@H](C)O1. The number of rotatable bonds is 5. The number of benzene rings is 1. The van der Waals surface area contributed by atoms with Gasteiger partial charge in [-0.05, 0) is 38.1 Å². The van der Waals surface area contributed by atoms with Crippen molar-refractivity contribution in [2.45, 2.75) is 43.8 Å². The van der Waals surface area contributed by atoms with Crippen molar-refractivity contribution in [2.75, 3.05) is 39.3 Å². The third-order valence-corrected chi connectivity index (χ3v) is 7.53. The van der Waals surface area contributed by atoms with Gasteiger partial charge in [0.15, 0.2) is 0 Å². The predicted molar refractivity (Wildman–Crippen MR) is 113 cm³/mol. The van der Waals surface area contributed by atoms with Crippen LogP contribution in [0, 0.1) is 0 Å². The average molecular weight is 458 g/mol. The van der Waals surface area contributed by atoms with Crippen molar-refractivity contribution in [3.8, 4) is 0 Å². The summed E-state index contributed by atoms with van der Waals surface area (Å²) in [6.45, 7) is 6.01. The van der Waals surface area contributed by atoms with E-state index in [0.717, 1.165) is 0 Å². The fourth-order valence-electron chi connectivity index (χ4n) is 3.85. The Morgan fingerprint density at radius 3 is 1.97 bits per heavy atom. The Hall–Kier alpha value is -1.68. The molecule has 0 radical (unpaired) electrons. The number of sulfonamides is 1. The van der Waals surface area contributed by atoms with E-state index in [1.165, 1.54) is 16.4 Å². The highest BCUT2D eigenvalue weighted by Gasteiger charge is 2.31. The lowest BCUT2D eigenvalue weighted by atomic mass is 10.2. The quantitative estimate of drug-likeness (QED) is 0.670. The van der Waals surface area contributed by atoms with E-state index in [1.807, 2.05) is 13.8 Å². The Bertz CT molecular complexity index is 859. The maximum atomic E-state index is 12.7. The Kier molecular flexibility index (Phi) is 7.38. The van der Waals surface area contributed by atoms with Crippen LogP contribution in [0.1, 0.15) is 26.7 Å². The van der Waals surface area contributed by atoms with Gasteiger partial charge in [-0.15, -0.1) is 0 Å². The fraction of sp³-hybridized carbons (Fsp3) is 0.600. The lowest BCUT2D eigenvalue weighted by Gasteiger charge is -2.36. The summed E-state index contributed by atoms with van der Waals surface area (Å²) in [5.41, 5.74) is 0. The summed E-state index contributed by atoms with van der Waals surface area (Å²) < 4.78 is 32.5. The van der Waals surface area contributed by atoms with Crippen molar-refractivity contribution in [3.05, 3.63) is 29.3 Å². The first-order valence-electron chi connectivity index (χ1n) is 10.1. The van der Waals surface area contributed by atoms with Crippen LogP contribution in [-0.2, 0) is 24.3 Å². The van der Waals surface area contributed by atoms with Crippen LogP contribution < -0.4 is 0 Å². The van der Waals surface area contributed by atoms with Gasteiger partial charge in [-0.3, -0.25) is 9.59 Å². The number of carbonyl (C=O) groups excluding carboxylic acids is 2. The van der Waals surface area contributed by atoms with Crippen LogP contribution in [0.25, 0.3) is 0 Å². The van der Waals surface area contributed by atoms with E-state index in [9.17, 15) is 18.0 Å². The van der Waals surface area contributed by atoms with Crippen molar-refractivity contribution >= 4 is 33.4 Å². The summed E-state index contributed by atoms with van der Waals surface area (Å²) in [6, 6.07) is 6.05. The molecular weight excluding hydrogens is 430 g/mol. The Labute approximate surface area is 182 Å². The van der Waals surface area contributed by atoms with E-state index in [4.69, 9.17) is 16.3 Å². The molecule has 2 saturated heterocycles. The summed E-state index contributed by atoms with van der Waals surface area (Å²) in [5, 5.41) is 0.472. The lowest BCUT2D eigenvalue weighted by Crippen LogP contribution is -2.51. The Morgan fingerprint density at radius 2 is 1.43 bits per heavy atom. The van der Waals surface area contributed by atoms with Gasteiger partial charge in [0.25, 0.3) is 0 Å². The molecule has 2 amide bonds. The zero-order valence-corrected chi connectivity index (χ0v) is 18.9. The second-order valence-corrected chi connectivity index (χ2v) is 10.2. The molecule has 0 N–H and O–H groups in total. The van der Waals surface area contributed by atoms with Crippen LogP contribution >= 0.6 is 11.6 Å². The molecule has 2 heterocycles.